The van der Waals surface area contributed by atoms with Crippen LogP contribution in [-0.4, -0.2) is 22.6 Å². The van der Waals surface area contributed by atoms with Crippen molar-refractivity contribution >= 4 is 12.2 Å². The quantitative estimate of drug-likeness (QED) is 0.679. The molecule has 72 valence electrons. The summed E-state index contributed by atoms with van der Waals surface area (Å²) in [5, 5.41) is 8.82. The smallest absolute Gasteiger partial charge is 0.411 e. The van der Waals surface area contributed by atoms with E-state index in [1.165, 1.54) is 10.5 Å². The molecule has 1 aromatic rings. The van der Waals surface area contributed by atoms with Crippen LogP contribution in [0.15, 0.2) is 30.5 Å². The highest BCUT2D eigenvalue weighted by Gasteiger charge is 2.12. The summed E-state index contributed by atoms with van der Waals surface area (Å²) in [4.78, 5) is 12.0. The zero-order valence-corrected chi connectivity index (χ0v) is 7.68. The fourth-order valence-corrected chi connectivity index (χ4v) is 1.57. The summed E-state index contributed by atoms with van der Waals surface area (Å²) >= 11 is 0. The van der Waals surface area contributed by atoms with Crippen LogP contribution in [-0.2, 0) is 6.42 Å². The van der Waals surface area contributed by atoms with E-state index >= 15 is 0 Å². The van der Waals surface area contributed by atoms with Gasteiger partial charge >= 0.3 is 6.09 Å². The van der Waals surface area contributed by atoms with Gasteiger partial charge in [0, 0.05) is 12.7 Å². The molecule has 14 heavy (non-hydrogen) atoms. The van der Waals surface area contributed by atoms with Gasteiger partial charge in [0.05, 0.1) is 0 Å². The molecule has 0 bridgehead atoms. The van der Waals surface area contributed by atoms with Gasteiger partial charge in [0.15, 0.2) is 0 Å². The van der Waals surface area contributed by atoms with Crippen molar-refractivity contribution in [1.82, 2.24) is 4.90 Å². The SMILES string of the molecule is O=C(O)N1C=Cc2ccccc2CC1. The summed E-state index contributed by atoms with van der Waals surface area (Å²) in [6.45, 7) is 0.531. The molecule has 1 N–H and O–H groups in total. The van der Waals surface area contributed by atoms with Crippen molar-refractivity contribution in [1.29, 1.82) is 0 Å². The zero-order chi connectivity index (χ0) is 9.97. The van der Waals surface area contributed by atoms with Crippen LogP contribution in [0.2, 0.25) is 0 Å². The van der Waals surface area contributed by atoms with Crippen molar-refractivity contribution in [3.63, 3.8) is 0 Å². The van der Waals surface area contributed by atoms with Gasteiger partial charge in [-0.05, 0) is 23.6 Å². The van der Waals surface area contributed by atoms with E-state index in [2.05, 4.69) is 0 Å². The van der Waals surface area contributed by atoms with Crippen LogP contribution >= 0.6 is 0 Å². The van der Waals surface area contributed by atoms with Crippen LogP contribution < -0.4 is 0 Å². The highest BCUT2D eigenvalue weighted by atomic mass is 16.4. The third kappa shape index (κ3) is 1.62. The molecule has 1 aliphatic rings. The normalized spacial score (nSPS) is 14.7. The Morgan fingerprint density at radius 3 is 2.93 bits per heavy atom. The third-order valence-corrected chi connectivity index (χ3v) is 2.36. The van der Waals surface area contributed by atoms with Crippen molar-refractivity contribution in [2.45, 2.75) is 6.42 Å². The summed E-state index contributed by atoms with van der Waals surface area (Å²) in [5.41, 5.74) is 2.31. The highest BCUT2D eigenvalue weighted by molar-refractivity contribution is 5.69. The first-order valence-corrected chi connectivity index (χ1v) is 4.53. The van der Waals surface area contributed by atoms with Crippen molar-refractivity contribution in [3.05, 3.63) is 41.6 Å². The van der Waals surface area contributed by atoms with Gasteiger partial charge in [-0.1, -0.05) is 24.3 Å². The molecule has 2 rings (SSSR count). The lowest BCUT2D eigenvalue weighted by Crippen LogP contribution is -2.24. The van der Waals surface area contributed by atoms with Gasteiger partial charge < -0.3 is 5.11 Å². The molecule has 0 fully saturated rings. The first-order chi connectivity index (χ1) is 6.77. The van der Waals surface area contributed by atoms with Crippen LogP contribution in [0, 0.1) is 0 Å². The van der Waals surface area contributed by atoms with Gasteiger partial charge in [0.1, 0.15) is 0 Å². The number of fused-ring (bicyclic) bond motifs is 1. The number of nitrogens with zero attached hydrogens (tertiary/aromatic N) is 1. The van der Waals surface area contributed by atoms with Gasteiger partial charge in [-0.3, -0.25) is 4.90 Å². The van der Waals surface area contributed by atoms with Gasteiger partial charge in [-0.25, -0.2) is 4.79 Å². The number of rotatable bonds is 0. The molecule has 0 aromatic heterocycles. The minimum Gasteiger partial charge on any atom is -0.465 e. The second-order valence-corrected chi connectivity index (χ2v) is 3.24. The molecule has 0 atom stereocenters. The zero-order valence-electron chi connectivity index (χ0n) is 7.68. The highest BCUT2D eigenvalue weighted by Crippen LogP contribution is 2.15. The van der Waals surface area contributed by atoms with Gasteiger partial charge in [-0.2, -0.15) is 0 Å². The number of hydrogen-bond donors (Lipinski definition) is 1. The van der Waals surface area contributed by atoms with Crippen LogP contribution in [0.3, 0.4) is 0 Å². The molecule has 0 unspecified atom stereocenters. The van der Waals surface area contributed by atoms with E-state index in [-0.39, 0.29) is 0 Å². The number of benzene rings is 1. The lowest BCUT2D eigenvalue weighted by atomic mass is 10.1. The minimum absolute atomic E-state index is 0.531. The second kappa shape index (κ2) is 3.54. The van der Waals surface area contributed by atoms with Crippen molar-refractivity contribution in [3.8, 4) is 0 Å². The Bertz CT molecular complexity index is 385. The van der Waals surface area contributed by atoms with Gasteiger partial charge in [0.2, 0.25) is 0 Å². The maximum absolute atomic E-state index is 10.7. The summed E-state index contributed by atoms with van der Waals surface area (Å²) in [7, 11) is 0. The molecular formula is C11H11NO2. The summed E-state index contributed by atoms with van der Waals surface area (Å²) in [6, 6.07) is 7.96. The Labute approximate surface area is 82.3 Å². The monoisotopic (exact) mass is 189 g/mol. The largest absolute Gasteiger partial charge is 0.465 e. The topological polar surface area (TPSA) is 40.5 Å². The molecular weight excluding hydrogens is 178 g/mol. The minimum atomic E-state index is -0.894. The Morgan fingerprint density at radius 2 is 2.14 bits per heavy atom. The van der Waals surface area contributed by atoms with Crippen molar-refractivity contribution < 1.29 is 9.90 Å². The fraction of sp³-hybridized carbons (Fsp3) is 0.182. The van der Waals surface area contributed by atoms with Crippen molar-refractivity contribution in [2.75, 3.05) is 6.54 Å². The lowest BCUT2D eigenvalue weighted by molar-refractivity contribution is 0.164. The van der Waals surface area contributed by atoms with Crippen LogP contribution in [0.1, 0.15) is 11.1 Å². The Morgan fingerprint density at radius 1 is 1.36 bits per heavy atom. The molecule has 0 radical (unpaired) electrons. The first-order valence-electron chi connectivity index (χ1n) is 4.53. The molecule has 1 amide bonds. The third-order valence-electron chi connectivity index (χ3n) is 2.36. The first kappa shape index (κ1) is 8.81. The van der Waals surface area contributed by atoms with E-state index in [4.69, 9.17) is 5.11 Å². The summed E-state index contributed by atoms with van der Waals surface area (Å²) < 4.78 is 0. The molecule has 0 spiro atoms. The molecule has 3 nitrogen and oxygen atoms in total. The Kier molecular flexibility index (Phi) is 2.23. The predicted octanol–water partition coefficient (Wildman–Crippen LogP) is 2.19. The average molecular weight is 189 g/mol. The second-order valence-electron chi connectivity index (χ2n) is 3.24. The molecule has 1 heterocycles. The maximum atomic E-state index is 10.7. The Balaban J connectivity index is 2.29. The van der Waals surface area contributed by atoms with E-state index in [1.54, 1.807) is 6.20 Å². The van der Waals surface area contributed by atoms with Crippen molar-refractivity contribution in [2.24, 2.45) is 0 Å². The molecule has 3 heteroatoms. The standard InChI is InChI=1S/C11H11NO2/c13-11(14)12-7-5-9-3-1-2-4-10(9)6-8-12/h1-5,7H,6,8H2,(H,13,14). The molecule has 1 aromatic carbocycles. The molecule has 0 saturated heterocycles. The maximum Gasteiger partial charge on any atom is 0.411 e. The number of amides is 1. The van der Waals surface area contributed by atoms with Crippen LogP contribution in [0.25, 0.3) is 6.08 Å². The molecule has 0 saturated carbocycles. The van der Waals surface area contributed by atoms with Gasteiger partial charge in [0.25, 0.3) is 0 Å². The number of carbonyl (C=O) groups is 1. The van der Waals surface area contributed by atoms with Crippen LogP contribution in [0.5, 0.6) is 0 Å². The fourth-order valence-electron chi connectivity index (χ4n) is 1.57. The number of hydrogen-bond acceptors (Lipinski definition) is 1. The summed E-state index contributed by atoms with van der Waals surface area (Å²) in [5.74, 6) is 0. The van der Waals surface area contributed by atoms with E-state index < -0.39 is 6.09 Å². The van der Waals surface area contributed by atoms with E-state index in [0.29, 0.717) is 6.54 Å². The Hall–Kier alpha value is -1.77. The van der Waals surface area contributed by atoms with E-state index in [0.717, 1.165) is 12.0 Å². The lowest BCUT2D eigenvalue weighted by Gasteiger charge is -2.11. The van der Waals surface area contributed by atoms with Crippen LogP contribution in [0.4, 0.5) is 4.79 Å². The average Bonchev–Trinajstić information content (AvgIpc) is 2.39. The van der Waals surface area contributed by atoms with E-state index in [9.17, 15) is 4.79 Å². The molecule has 1 aliphatic heterocycles. The number of carboxylic acid groups (broad SMARTS) is 1. The molecule has 0 aliphatic carbocycles. The predicted molar refractivity (Wildman–Crippen MR) is 53.9 cm³/mol. The van der Waals surface area contributed by atoms with Gasteiger partial charge in [-0.15, -0.1) is 0 Å². The van der Waals surface area contributed by atoms with E-state index in [1.807, 2.05) is 30.3 Å². The summed E-state index contributed by atoms with van der Waals surface area (Å²) in [6.07, 6.45) is 3.34.